The van der Waals surface area contributed by atoms with Crippen molar-refractivity contribution in [2.45, 2.75) is 32.6 Å². The van der Waals surface area contributed by atoms with Gasteiger partial charge in [0.15, 0.2) is 5.82 Å². The van der Waals surface area contributed by atoms with E-state index in [-0.39, 0.29) is 5.91 Å². The molecule has 3 rings (SSSR count). The van der Waals surface area contributed by atoms with Crippen molar-refractivity contribution < 1.29 is 9.53 Å². The molecule has 0 N–H and O–H groups in total. The van der Waals surface area contributed by atoms with Gasteiger partial charge in [0, 0.05) is 51.0 Å². The molecule has 0 aromatic carbocycles. The van der Waals surface area contributed by atoms with Gasteiger partial charge in [-0.1, -0.05) is 0 Å². The molecular formula is C20H26N4O2. The number of piperidine rings is 1. The van der Waals surface area contributed by atoms with E-state index in [1.54, 1.807) is 25.7 Å². The summed E-state index contributed by atoms with van der Waals surface area (Å²) in [7, 11) is 1.73. The van der Waals surface area contributed by atoms with E-state index in [0.717, 1.165) is 44.5 Å². The number of ether oxygens (including phenoxy) is 1. The molecule has 0 bridgehead atoms. The van der Waals surface area contributed by atoms with Crippen LogP contribution in [0.1, 0.15) is 41.7 Å². The van der Waals surface area contributed by atoms with E-state index >= 15 is 0 Å². The topological polar surface area (TPSA) is 68.2 Å². The maximum absolute atomic E-state index is 13.0. The number of pyridine rings is 1. The highest BCUT2D eigenvalue weighted by Gasteiger charge is 2.25. The third-order valence-electron chi connectivity index (χ3n) is 4.90. The van der Waals surface area contributed by atoms with Crippen LogP contribution in [0.4, 0.5) is 0 Å². The molecular weight excluding hydrogens is 328 g/mol. The summed E-state index contributed by atoms with van der Waals surface area (Å²) in [5.74, 6) is 1.19. The second-order valence-electron chi connectivity index (χ2n) is 6.83. The lowest BCUT2D eigenvalue weighted by molar-refractivity contribution is 0.0659. The maximum Gasteiger partial charge on any atom is 0.257 e. The number of aryl methyl sites for hydroxylation is 1. The Balaban J connectivity index is 1.69. The lowest BCUT2D eigenvalue weighted by Gasteiger charge is -2.33. The van der Waals surface area contributed by atoms with E-state index in [9.17, 15) is 4.79 Å². The minimum atomic E-state index is 0.0386. The smallest absolute Gasteiger partial charge is 0.257 e. The van der Waals surface area contributed by atoms with Crippen molar-refractivity contribution in [3.8, 4) is 11.4 Å². The van der Waals surface area contributed by atoms with E-state index in [1.165, 1.54) is 6.42 Å². The molecule has 1 fully saturated rings. The molecule has 2 aromatic heterocycles. The van der Waals surface area contributed by atoms with Gasteiger partial charge >= 0.3 is 0 Å². The van der Waals surface area contributed by atoms with Crippen LogP contribution in [-0.2, 0) is 4.74 Å². The second kappa shape index (κ2) is 8.85. The fourth-order valence-electron chi connectivity index (χ4n) is 3.48. The first-order valence-electron chi connectivity index (χ1n) is 9.21. The van der Waals surface area contributed by atoms with Crippen molar-refractivity contribution in [1.29, 1.82) is 0 Å². The summed E-state index contributed by atoms with van der Waals surface area (Å²) in [6, 6.07) is 3.77. The first kappa shape index (κ1) is 18.5. The van der Waals surface area contributed by atoms with Crippen molar-refractivity contribution in [3.05, 3.63) is 42.0 Å². The van der Waals surface area contributed by atoms with Crippen molar-refractivity contribution in [2.75, 3.05) is 26.8 Å². The van der Waals surface area contributed by atoms with Crippen LogP contribution in [0.2, 0.25) is 0 Å². The van der Waals surface area contributed by atoms with Crippen molar-refractivity contribution >= 4 is 5.91 Å². The number of aromatic nitrogens is 3. The number of methoxy groups -OCH3 is 1. The average Bonchev–Trinajstić information content (AvgIpc) is 2.68. The van der Waals surface area contributed by atoms with Gasteiger partial charge in [-0.25, -0.2) is 9.97 Å². The van der Waals surface area contributed by atoms with Crippen molar-refractivity contribution in [2.24, 2.45) is 5.92 Å². The molecule has 1 amide bonds. The number of likely N-dealkylation sites (tertiary alicyclic amines) is 1. The number of carbonyl (C=O) groups is 1. The molecule has 26 heavy (non-hydrogen) atoms. The van der Waals surface area contributed by atoms with Crippen molar-refractivity contribution in [3.63, 3.8) is 0 Å². The first-order valence-corrected chi connectivity index (χ1v) is 9.21. The quantitative estimate of drug-likeness (QED) is 0.746. The highest BCUT2D eigenvalue weighted by atomic mass is 16.5. The molecule has 3 heterocycles. The van der Waals surface area contributed by atoms with Gasteiger partial charge in [0.05, 0.1) is 11.3 Å². The lowest BCUT2D eigenvalue weighted by atomic mass is 9.93. The zero-order valence-corrected chi connectivity index (χ0v) is 15.5. The first-order chi connectivity index (χ1) is 12.7. The van der Waals surface area contributed by atoms with Crippen molar-refractivity contribution in [1.82, 2.24) is 19.9 Å². The van der Waals surface area contributed by atoms with Crippen LogP contribution in [0.25, 0.3) is 11.4 Å². The lowest BCUT2D eigenvalue weighted by Crippen LogP contribution is -2.40. The Hall–Kier alpha value is -2.34. The molecule has 0 unspecified atom stereocenters. The van der Waals surface area contributed by atoms with Crippen LogP contribution in [0, 0.1) is 12.8 Å². The highest BCUT2D eigenvalue weighted by molar-refractivity contribution is 5.95. The van der Waals surface area contributed by atoms with Gasteiger partial charge in [0.25, 0.3) is 5.91 Å². The fraction of sp³-hybridized carbons (Fsp3) is 0.500. The Morgan fingerprint density at radius 1 is 1.38 bits per heavy atom. The average molecular weight is 354 g/mol. The molecule has 0 saturated carbocycles. The van der Waals surface area contributed by atoms with Gasteiger partial charge in [0.2, 0.25) is 0 Å². The van der Waals surface area contributed by atoms with Crippen LogP contribution >= 0.6 is 0 Å². The molecule has 1 aliphatic rings. The standard InChI is InChI=1S/C20H26N4O2/c1-15-18(13-22-19(23-15)17-8-3-9-21-12-17)20(25)24-10-4-6-16(14-24)7-5-11-26-2/h3,8-9,12-13,16H,4-7,10-11,14H2,1-2H3/t16-/m0/s1. The molecule has 138 valence electrons. The molecule has 6 nitrogen and oxygen atoms in total. The monoisotopic (exact) mass is 354 g/mol. The van der Waals surface area contributed by atoms with Crippen LogP contribution in [0.15, 0.2) is 30.7 Å². The molecule has 0 spiro atoms. The summed E-state index contributed by atoms with van der Waals surface area (Å²) in [5, 5.41) is 0. The van der Waals surface area contributed by atoms with Gasteiger partial charge < -0.3 is 9.64 Å². The predicted molar refractivity (Wildman–Crippen MR) is 99.7 cm³/mol. The summed E-state index contributed by atoms with van der Waals surface area (Å²) in [6.07, 6.45) is 9.49. The van der Waals surface area contributed by atoms with Gasteiger partial charge in [-0.2, -0.15) is 0 Å². The molecule has 2 aromatic rings. The Morgan fingerprint density at radius 2 is 2.27 bits per heavy atom. The maximum atomic E-state index is 13.0. The summed E-state index contributed by atoms with van der Waals surface area (Å²) in [4.78, 5) is 27.9. The van der Waals surface area contributed by atoms with Crippen LogP contribution in [-0.4, -0.2) is 52.6 Å². The normalized spacial score (nSPS) is 17.3. The number of carbonyl (C=O) groups excluding carboxylic acids is 1. The van der Waals surface area contributed by atoms with E-state index in [1.807, 2.05) is 24.0 Å². The van der Waals surface area contributed by atoms with Gasteiger partial charge in [-0.3, -0.25) is 9.78 Å². The van der Waals surface area contributed by atoms with E-state index < -0.39 is 0 Å². The van der Waals surface area contributed by atoms with Gasteiger partial charge in [0.1, 0.15) is 0 Å². The largest absolute Gasteiger partial charge is 0.385 e. The Bertz CT molecular complexity index is 736. The number of hydrogen-bond acceptors (Lipinski definition) is 5. The Morgan fingerprint density at radius 3 is 3.00 bits per heavy atom. The van der Waals surface area contributed by atoms with Crippen LogP contribution < -0.4 is 0 Å². The van der Waals surface area contributed by atoms with E-state index in [4.69, 9.17) is 4.74 Å². The summed E-state index contributed by atoms with van der Waals surface area (Å²) in [5.41, 5.74) is 2.16. The fourth-order valence-corrected chi connectivity index (χ4v) is 3.48. The molecule has 0 aliphatic carbocycles. The Kier molecular flexibility index (Phi) is 6.28. The summed E-state index contributed by atoms with van der Waals surface area (Å²) < 4.78 is 5.14. The Labute approximate surface area is 154 Å². The molecule has 1 saturated heterocycles. The number of hydrogen-bond donors (Lipinski definition) is 0. The highest BCUT2D eigenvalue weighted by Crippen LogP contribution is 2.23. The van der Waals surface area contributed by atoms with E-state index in [2.05, 4.69) is 15.0 Å². The van der Waals surface area contributed by atoms with Gasteiger partial charge in [-0.05, 0) is 50.7 Å². The summed E-state index contributed by atoms with van der Waals surface area (Å²) >= 11 is 0. The van der Waals surface area contributed by atoms with Crippen LogP contribution in [0.3, 0.4) is 0 Å². The zero-order valence-electron chi connectivity index (χ0n) is 15.5. The molecule has 6 heteroatoms. The number of rotatable bonds is 6. The second-order valence-corrected chi connectivity index (χ2v) is 6.83. The van der Waals surface area contributed by atoms with E-state index in [0.29, 0.717) is 23.0 Å². The third kappa shape index (κ3) is 4.43. The number of nitrogens with zero attached hydrogens (tertiary/aromatic N) is 4. The SMILES string of the molecule is COCCC[C@@H]1CCCN(C(=O)c2cnc(-c3cccnc3)nc2C)C1. The number of amides is 1. The minimum Gasteiger partial charge on any atom is -0.385 e. The predicted octanol–water partition coefficient (Wildman–Crippen LogP) is 3.13. The molecule has 0 radical (unpaired) electrons. The van der Waals surface area contributed by atoms with Crippen LogP contribution in [0.5, 0.6) is 0 Å². The third-order valence-corrected chi connectivity index (χ3v) is 4.90. The zero-order chi connectivity index (χ0) is 18.4. The molecule has 1 atom stereocenters. The summed E-state index contributed by atoms with van der Waals surface area (Å²) in [6.45, 7) is 4.28. The minimum absolute atomic E-state index is 0.0386. The van der Waals surface area contributed by atoms with Gasteiger partial charge in [-0.15, -0.1) is 0 Å². The molecule has 1 aliphatic heterocycles.